The predicted octanol–water partition coefficient (Wildman–Crippen LogP) is 2.42. The minimum absolute atomic E-state index is 0.0401. The van der Waals surface area contributed by atoms with Gasteiger partial charge in [0.25, 0.3) is 0 Å². The van der Waals surface area contributed by atoms with E-state index in [1.54, 1.807) is 13.2 Å². The van der Waals surface area contributed by atoms with Gasteiger partial charge in [0.05, 0.1) is 24.8 Å². The number of esters is 1. The molecule has 19 heavy (non-hydrogen) atoms. The number of carbonyl (C=O) groups is 1. The molecule has 2 atom stereocenters. The van der Waals surface area contributed by atoms with Crippen LogP contribution in [0.25, 0.3) is 0 Å². The SMILES string of the molecule is CCCCCC[C@H]1C(C(=O)OCC)=CCN1[S+](C)[O-]. The van der Waals surface area contributed by atoms with E-state index in [1.807, 2.05) is 10.4 Å². The molecule has 0 spiro atoms. The lowest BCUT2D eigenvalue weighted by Crippen LogP contribution is -2.38. The third-order valence-corrected chi connectivity index (χ3v) is 4.43. The molecule has 0 N–H and O–H groups in total. The van der Waals surface area contributed by atoms with Crippen LogP contribution in [0.5, 0.6) is 0 Å². The van der Waals surface area contributed by atoms with Gasteiger partial charge in [-0.05, 0) is 13.3 Å². The molecule has 0 aromatic heterocycles. The number of nitrogens with zero attached hydrogens (tertiary/aromatic N) is 1. The number of carbonyl (C=O) groups excluding carboxylic acids is 1. The van der Waals surface area contributed by atoms with Gasteiger partial charge in [0, 0.05) is 11.4 Å². The van der Waals surface area contributed by atoms with Crippen LogP contribution >= 0.6 is 0 Å². The fourth-order valence-corrected chi connectivity index (χ4v) is 3.25. The maximum atomic E-state index is 11.9. The summed E-state index contributed by atoms with van der Waals surface area (Å²) in [5.74, 6) is -0.254. The highest BCUT2D eigenvalue weighted by Gasteiger charge is 2.37. The molecule has 110 valence electrons. The van der Waals surface area contributed by atoms with E-state index in [0.29, 0.717) is 18.7 Å². The van der Waals surface area contributed by atoms with Crippen molar-refractivity contribution in [3.8, 4) is 0 Å². The number of rotatable bonds is 8. The Labute approximate surface area is 119 Å². The van der Waals surface area contributed by atoms with E-state index in [4.69, 9.17) is 4.74 Å². The van der Waals surface area contributed by atoms with Crippen LogP contribution in [0.2, 0.25) is 0 Å². The lowest BCUT2D eigenvalue weighted by Gasteiger charge is -2.25. The van der Waals surface area contributed by atoms with E-state index in [0.717, 1.165) is 19.3 Å². The van der Waals surface area contributed by atoms with Gasteiger partial charge in [-0.1, -0.05) is 38.7 Å². The van der Waals surface area contributed by atoms with Crippen molar-refractivity contribution >= 4 is 17.3 Å². The van der Waals surface area contributed by atoms with Crippen LogP contribution in [-0.2, 0) is 20.9 Å². The van der Waals surface area contributed by atoms with E-state index in [2.05, 4.69) is 6.92 Å². The third-order valence-electron chi connectivity index (χ3n) is 3.37. The van der Waals surface area contributed by atoms with Crippen molar-refractivity contribution in [2.75, 3.05) is 19.4 Å². The molecule has 4 nitrogen and oxygen atoms in total. The molecule has 0 fully saturated rings. The van der Waals surface area contributed by atoms with Crippen molar-refractivity contribution in [1.29, 1.82) is 0 Å². The quantitative estimate of drug-likeness (QED) is 0.391. The summed E-state index contributed by atoms with van der Waals surface area (Å²) >= 11 is -1.05. The van der Waals surface area contributed by atoms with E-state index in [1.165, 1.54) is 12.8 Å². The zero-order valence-electron chi connectivity index (χ0n) is 12.2. The van der Waals surface area contributed by atoms with Crippen LogP contribution in [0.15, 0.2) is 11.6 Å². The molecule has 0 aromatic carbocycles. The molecule has 0 aromatic rings. The monoisotopic (exact) mass is 287 g/mol. The third kappa shape index (κ3) is 4.82. The van der Waals surface area contributed by atoms with Crippen LogP contribution in [0, 0.1) is 0 Å². The number of hydrogen-bond acceptors (Lipinski definition) is 4. The van der Waals surface area contributed by atoms with Gasteiger partial charge in [0.15, 0.2) is 0 Å². The second-order valence-electron chi connectivity index (χ2n) is 4.77. The first-order chi connectivity index (χ1) is 9.11. The molecule has 0 amide bonds. The zero-order chi connectivity index (χ0) is 14.3. The summed E-state index contributed by atoms with van der Waals surface area (Å²) in [7, 11) is 0. The zero-order valence-corrected chi connectivity index (χ0v) is 13.0. The van der Waals surface area contributed by atoms with Crippen LogP contribution in [0.4, 0.5) is 0 Å². The smallest absolute Gasteiger partial charge is 0.335 e. The molecule has 1 aliphatic heterocycles. The van der Waals surface area contributed by atoms with E-state index in [9.17, 15) is 9.35 Å². The predicted molar refractivity (Wildman–Crippen MR) is 78.0 cm³/mol. The Morgan fingerprint density at radius 2 is 2.21 bits per heavy atom. The van der Waals surface area contributed by atoms with E-state index >= 15 is 0 Å². The van der Waals surface area contributed by atoms with Crippen LogP contribution in [0.3, 0.4) is 0 Å². The second-order valence-corrected chi connectivity index (χ2v) is 6.09. The Kier molecular flexibility index (Phi) is 7.49. The minimum Gasteiger partial charge on any atom is -0.598 e. The van der Waals surface area contributed by atoms with E-state index < -0.39 is 11.4 Å². The van der Waals surface area contributed by atoms with E-state index in [-0.39, 0.29) is 12.0 Å². The first kappa shape index (κ1) is 16.5. The van der Waals surface area contributed by atoms with Crippen molar-refractivity contribution in [3.05, 3.63) is 11.6 Å². The van der Waals surface area contributed by atoms with Crippen molar-refractivity contribution in [1.82, 2.24) is 4.31 Å². The van der Waals surface area contributed by atoms with Crippen molar-refractivity contribution in [2.24, 2.45) is 0 Å². The minimum atomic E-state index is -1.05. The van der Waals surface area contributed by atoms with Gasteiger partial charge in [-0.2, -0.15) is 0 Å². The molecular formula is C14H25NO3S. The number of unbranched alkanes of at least 4 members (excludes halogenated alkanes) is 3. The molecule has 0 bridgehead atoms. The summed E-state index contributed by atoms with van der Waals surface area (Å²) in [6.45, 7) is 4.94. The summed E-state index contributed by atoms with van der Waals surface area (Å²) in [5, 5.41) is 0. The molecule has 1 unspecified atom stereocenters. The van der Waals surface area contributed by atoms with Crippen LogP contribution < -0.4 is 0 Å². The summed E-state index contributed by atoms with van der Waals surface area (Å²) in [4.78, 5) is 11.9. The molecular weight excluding hydrogens is 262 g/mol. The maximum absolute atomic E-state index is 11.9. The lowest BCUT2D eigenvalue weighted by molar-refractivity contribution is -0.138. The van der Waals surface area contributed by atoms with Gasteiger partial charge in [0.1, 0.15) is 6.26 Å². The first-order valence-corrected chi connectivity index (χ1v) is 8.60. The largest absolute Gasteiger partial charge is 0.598 e. The summed E-state index contributed by atoms with van der Waals surface area (Å²) in [6.07, 6.45) is 9.03. The second kappa shape index (κ2) is 8.61. The molecule has 5 heteroatoms. The Hall–Kier alpha value is -0.520. The van der Waals surface area contributed by atoms with Gasteiger partial charge in [0.2, 0.25) is 0 Å². The first-order valence-electron chi connectivity index (χ1n) is 7.09. The lowest BCUT2D eigenvalue weighted by atomic mass is 10.0. The van der Waals surface area contributed by atoms with Gasteiger partial charge >= 0.3 is 5.97 Å². The molecule has 1 rings (SSSR count). The average Bonchev–Trinajstić information content (AvgIpc) is 2.79. The summed E-state index contributed by atoms with van der Waals surface area (Å²) in [5.41, 5.74) is 0.688. The average molecular weight is 287 g/mol. The Morgan fingerprint density at radius 1 is 1.47 bits per heavy atom. The summed E-state index contributed by atoms with van der Waals surface area (Å²) < 4.78 is 18.7. The highest BCUT2D eigenvalue weighted by atomic mass is 32.2. The van der Waals surface area contributed by atoms with Crippen molar-refractivity contribution in [2.45, 2.75) is 52.0 Å². The Morgan fingerprint density at radius 3 is 2.79 bits per heavy atom. The molecule has 0 aliphatic carbocycles. The van der Waals surface area contributed by atoms with Crippen LogP contribution in [0.1, 0.15) is 46.0 Å². The molecule has 0 radical (unpaired) electrons. The highest BCUT2D eigenvalue weighted by Crippen LogP contribution is 2.27. The summed E-state index contributed by atoms with van der Waals surface area (Å²) in [6, 6.07) is -0.0401. The van der Waals surface area contributed by atoms with Gasteiger partial charge in [-0.25, -0.2) is 4.79 Å². The van der Waals surface area contributed by atoms with Crippen molar-refractivity contribution < 1.29 is 14.1 Å². The maximum Gasteiger partial charge on any atom is 0.335 e. The molecule has 0 saturated heterocycles. The molecule has 1 aliphatic rings. The fraction of sp³-hybridized carbons (Fsp3) is 0.786. The van der Waals surface area contributed by atoms with Crippen molar-refractivity contribution in [3.63, 3.8) is 0 Å². The van der Waals surface area contributed by atoms with Gasteiger partial charge < -0.3 is 9.29 Å². The Bertz CT molecular complexity index is 318. The number of ether oxygens (including phenoxy) is 1. The topological polar surface area (TPSA) is 52.6 Å². The normalized spacial score (nSPS) is 21.3. The number of hydrogen-bond donors (Lipinski definition) is 0. The standard InChI is InChI=1S/C14H25NO3S/c1-4-6-7-8-9-13-12(14(16)18-5-2)10-11-15(13)19(3)17/h10,13H,4-9,11H2,1-3H3/t13-,19?/m0/s1. The highest BCUT2D eigenvalue weighted by molar-refractivity contribution is 7.88. The van der Waals surface area contributed by atoms with Gasteiger partial charge in [-0.15, -0.1) is 4.31 Å². The van der Waals surface area contributed by atoms with Gasteiger partial charge in [-0.3, -0.25) is 0 Å². The fourth-order valence-electron chi connectivity index (χ4n) is 2.39. The molecule has 0 saturated carbocycles. The Balaban J connectivity index is 2.60. The van der Waals surface area contributed by atoms with Crippen LogP contribution in [-0.4, -0.2) is 40.3 Å². The molecule has 1 heterocycles.